The Hall–Kier alpha value is -0.970. The summed E-state index contributed by atoms with van der Waals surface area (Å²) >= 11 is 1.37. The highest BCUT2D eigenvalue weighted by Crippen LogP contribution is 2.24. The van der Waals surface area contributed by atoms with E-state index in [1.165, 1.54) is 15.7 Å². The van der Waals surface area contributed by atoms with E-state index in [-0.39, 0.29) is 11.6 Å². The van der Waals surface area contributed by atoms with Gasteiger partial charge in [0.1, 0.15) is 0 Å². The molecule has 0 aliphatic rings. The zero-order chi connectivity index (χ0) is 14.8. The number of nitrogens with zero attached hydrogens (tertiary/aromatic N) is 2. The molecule has 0 saturated carbocycles. The number of thiazole rings is 1. The molecule has 0 aliphatic heterocycles. The summed E-state index contributed by atoms with van der Waals surface area (Å²) in [5.41, 5.74) is 0. The molecule has 1 unspecified atom stereocenters. The van der Waals surface area contributed by atoms with Crippen LogP contribution < -0.4 is 10.0 Å². The molecule has 112 valence electrons. The first-order chi connectivity index (χ1) is 9.45. The maximum atomic E-state index is 12.3. The maximum Gasteiger partial charge on any atom is 0.260 e. The maximum absolute atomic E-state index is 12.3. The smallest absolute Gasteiger partial charge is 0.260 e. The molecule has 0 spiro atoms. The normalized spacial score (nSPS) is 13.7. The van der Waals surface area contributed by atoms with E-state index < -0.39 is 20.8 Å². The fourth-order valence-electron chi connectivity index (χ4n) is 1.73. The molecule has 10 heteroatoms. The number of nitrogens with one attached hydrogen (secondary N) is 2. The minimum absolute atomic E-state index is 0.105. The summed E-state index contributed by atoms with van der Waals surface area (Å²) < 4.78 is 39.7. The highest BCUT2D eigenvalue weighted by Gasteiger charge is 2.24. The van der Waals surface area contributed by atoms with Crippen LogP contribution in [-0.4, -0.2) is 47.6 Å². The minimum Gasteiger partial charge on any atom is -0.371 e. The highest BCUT2D eigenvalue weighted by molar-refractivity contribution is 7.89. The number of hydrogen-bond acceptors (Lipinski definition) is 6. The third kappa shape index (κ3) is 3.19. The van der Waals surface area contributed by atoms with Gasteiger partial charge in [0.05, 0.1) is 0 Å². The van der Waals surface area contributed by atoms with Gasteiger partial charge in [-0.2, -0.15) is 0 Å². The summed E-state index contributed by atoms with van der Waals surface area (Å²) in [5.74, 6) is 0.796. The van der Waals surface area contributed by atoms with Crippen LogP contribution in [0.25, 0.3) is 4.96 Å². The molecular formula is C10H16N4O3S3. The van der Waals surface area contributed by atoms with Crippen molar-refractivity contribution in [3.05, 3.63) is 11.6 Å². The van der Waals surface area contributed by atoms with Gasteiger partial charge in [0.25, 0.3) is 10.0 Å². The van der Waals surface area contributed by atoms with Gasteiger partial charge in [0.15, 0.2) is 15.8 Å². The van der Waals surface area contributed by atoms with Crippen LogP contribution in [-0.2, 0) is 20.8 Å². The van der Waals surface area contributed by atoms with Crippen LogP contribution in [0.2, 0.25) is 0 Å². The van der Waals surface area contributed by atoms with Crippen molar-refractivity contribution in [3.63, 3.8) is 0 Å². The number of fused-ring (bicyclic) bond motifs is 1. The second-order valence-corrected chi connectivity index (χ2v) is 8.21. The standard InChI is InChI=1S/C10H16N4O3S3/c1-11-8-9(14-5-6-18-10(14)13-8)20(16,17)12-4-3-7-19(2)15/h5-6,11-12H,3-4,7H2,1-2H3. The SMILES string of the molecule is CNc1nc2sccn2c1S(=O)(=O)NCCCS(C)=O. The van der Waals surface area contributed by atoms with E-state index >= 15 is 0 Å². The van der Waals surface area contributed by atoms with Crippen LogP contribution in [0.4, 0.5) is 5.82 Å². The number of sulfonamides is 1. The van der Waals surface area contributed by atoms with Crippen LogP contribution >= 0.6 is 11.3 Å². The van der Waals surface area contributed by atoms with Crippen molar-refractivity contribution >= 4 is 42.9 Å². The molecule has 0 saturated heterocycles. The van der Waals surface area contributed by atoms with E-state index in [1.807, 2.05) is 0 Å². The Labute approximate surface area is 123 Å². The lowest BCUT2D eigenvalue weighted by Crippen LogP contribution is -2.27. The van der Waals surface area contributed by atoms with Gasteiger partial charge in [-0.15, -0.1) is 11.3 Å². The Balaban J connectivity index is 2.22. The Morgan fingerprint density at radius 1 is 1.50 bits per heavy atom. The van der Waals surface area contributed by atoms with Crippen LogP contribution in [0.15, 0.2) is 16.6 Å². The van der Waals surface area contributed by atoms with Crippen LogP contribution in [0.1, 0.15) is 6.42 Å². The van der Waals surface area contributed by atoms with E-state index in [4.69, 9.17) is 0 Å². The topological polar surface area (TPSA) is 92.6 Å². The van der Waals surface area contributed by atoms with Gasteiger partial charge in [0, 0.05) is 48.0 Å². The van der Waals surface area contributed by atoms with E-state index in [2.05, 4.69) is 15.0 Å². The van der Waals surface area contributed by atoms with Gasteiger partial charge in [-0.1, -0.05) is 0 Å². The van der Waals surface area contributed by atoms with Crippen molar-refractivity contribution in [2.24, 2.45) is 0 Å². The summed E-state index contributed by atoms with van der Waals surface area (Å²) in [6.45, 7) is 0.252. The molecular weight excluding hydrogens is 320 g/mol. The first-order valence-electron chi connectivity index (χ1n) is 5.88. The van der Waals surface area contributed by atoms with Crippen molar-refractivity contribution in [2.75, 3.05) is 30.9 Å². The van der Waals surface area contributed by atoms with E-state index in [9.17, 15) is 12.6 Å². The molecule has 0 amide bonds. The Morgan fingerprint density at radius 2 is 2.25 bits per heavy atom. The summed E-state index contributed by atoms with van der Waals surface area (Å²) in [6, 6.07) is 0. The van der Waals surface area contributed by atoms with Gasteiger partial charge in [-0.25, -0.2) is 18.1 Å². The molecule has 0 aliphatic carbocycles. The molecule has 2 rings (SSSR count). The minimum atomic E-state index is -3.66. The van der Waals surface area contributed by atoms with Crippen LogP contribution in [0.5, 0.6) is 0 Å². The molecule has 0 fully saturated rings. The van der Waals surface area contributed by atoms with E-state index in [0.29, 0.717) is 23.0 Å². The van der Waals surface area contributed by atoms with E-state index in [1.54, 1.807) is 24.9 Å². The van der Waals surface area contributed by atoms with Crippen LogP contribution in [0.3, 0.4) is 0 Å². The van der Waals surface area contributed by atoms with Gasteiger partial charge in [-0.05, 0) is 6.42 Å². The van der Waals surface area contributed by atoms with Gasteiger partial charge in [-0.3, -0.25) is 8.61 Å². The first kappa shape index (κ1) is 15.4. The number of hydrogen-bond donors (Lipinski definition) is 2. The first-order valence-corrected chi connectivity index (χ1v) is 9.97. The van der Waals surface area contributed by atoms with Crippen molar-refractivity contribution in [1.82, 2.24) is 14.1 Å². The fourth-order valence-corrected chi connectivity index (χ4v) is 4.42. The lowest BCUT2D eigenvalue weighted by atomic mass is 10.5. The van der Waals surface area contributed by atoms with Crippen molar-refractivity contribution < 1.29 is 12.6 Å². The summed E-state index contributed by atoms with van der Waals surface area (Å²) in [4.78, 5) is 4.83. The number of rotatable bonds is 7. The number of imidazole rings is 1. The zero-order valence-electron chi connectivity index (χ0n) is 11.1. The summed E-state index contributed by atoms with van der Waals surface area (Å²) in [5, 5.41) is 4.68. The predicted molar refractivity (Wildman–Crippen MR) is 81.4 cm³/mol. The molecule has 2 aromatic heterocycles. The predicted octanol–water partition coefficient (Wildman–Crippen LogP) is 0.484. The molecule has 1 atom stereocenters. The highest BCUT2D eigenvalue weighted by atomic mass is 32.2. The lowest BCUT2D eigenvalue weighted by molar-refractivity contribution is 0.576. The summed E-state index contributed by atoms with van der Waals surface area (Å²) in [7, 11) is -2.94. The molecule has 7 nitrogen and oxygen atoms in total. The van der Waals surface area contributed by atoms with Crippen molar-refractivity contribution in [1.29, 1.82) is 0 Å². The molecule has 2 N–H and O–H groups in total. The Morgan fingerprint density at radius 3 is 2.90 bits per heavy atom. The van der Waals surface area contributed by atoms with Crippen molar-refractivity contribution in [3.8, 4) is 0 Å². The molecule has 20 heavy (non-hydrogen) atoms. The monoisotopic (exact) mass is 336 g/mol. The van der Waals surface area contributed by atoms with Gasteiger partial charge in [0.2, 0.25) is 0 Å². The molecule has 0 radical (unpaired) electrons. The van der Waals surface area contributed by atoms with E-state index in [0.717, 1.165) is 0 Å². The molecule has 2 aromatic rings. The second-order valence-electron chi connectivity index (χ2n) is 4.10. The van der Waals surface area contributed by atoms with Gasteiger partial charge < -0.3 is 5.32 Å². The Bertz CT molecular complexity index is 719. The second kappa shape index (κ2) is 6.20. The summed E-state index contributed by atoms with van der Waals surface area (Å²) in [6.07, 6.45) is 3.80. The van der Waals surface area contributed by atoms with Crippen molar-refractivity contribution in [2.45, 2.75) is 11.4 Å². The largest absolute Gasteiger partial charge is 0.371 e. The molecule has 0 bridgehead atoms. The zero-order valence-corrected chi connectivity index (χ0v) is 13.6. The number of aromatic nitrogens is 2. The van der Waals surface area contributed by atoms with Crippen LogP contribution in [0, 0.1) is 0 Å². The average Bonchev–Trinajstić information content (AvgIpc) is 2.93. The average molecular weight is 336 g/mol. The Kier molecular flexibility index (Phi) is 4.78. The number of anilines is 1. The fraction of sp³-hybridized carbons (Fsp3) is 0.500. The lowest BCUT2D eigenvalue weighted by Gasteiger charge is -2.07. The molecule has 0 aromatic carbocycles. The quantitative estimate of drug-likeness (QED) is 0.718. The third-order valence-electron chi connectivity index (χ3n) is 2.61. The third-order valence-corrected chi connectivity index (χ3v) is 5.71. The van der Waals surface area contributed by atoms with Gasteiger partial charge >= 0.3 is 0 Å². The molecule has 2 heterocycles.